The van der Waals surface area contributed by atoms with Gasteiger partial charge in [0, 0.05) is 19.3 Å². The van der Waals surface area contributed by atoms with Crippen molar-refractivity contribution in [3.05, 3.63) is 30.1 Å². The Balaban J connectivity index is -0.000000425. The molecular weight excluding hydrogens is 258 g/mol. The first kappa shape index (κ1) is 23.2. The number of hydrogen-bond donors (Lipinski definition) is 0. The molecule has 0 aliphatic rings. The second-order valence-corrected chi connectivity index (χ2v) is 2.43. The van der Waals surface area contributed by atoms with Crippen LogP contribution in [0, 0.1) is 0 Å². The fraction of sp³-hybridized carbons (Fsp3) is 0.533. The van der Waals surface area contributed by atoms with Crippen molar-refractivity contribution in [1.29, 1.82) is 0 Å². The number of rotatable bonds is 3. The summed E-state index contributed by atoms with van der Waals surface area (Å²) in [7, 11) is 0. The third-order valence-corrected chi connectivity index (χ3v) is 1.35. The van der Waals surface area contributed by atoms with Crippen LogP contribution in [0.1, 0.15) is 58.8 Å². The Morgan fingerprint density at radius 3 is 2.00 bits per heavy atom. The van der Waals surface area contributed by atoms with Crippen LogP contribution in [-0.4, -0.2) is 23.7 Å². The Morgan fingerprint density at radius 1 is 1.05 bits per heavy atom. The van der Waals surface area contributed by atoms with Gasteiger partial charge in [0.25, 0.3) is 0 Å². The predicted octanol–water partition coefficient (Wildman–Crippen LogP) is 3.84. The molecule has 0 bridgehead atoms. The first-order valence-corrected chi connectivity index (χ1v) is 6.90. The van der Waals surface area contributed by atoms with Crippen LogP contribution < -0.4 is 0 Å². The van der Waals surface area contributed by atoms with Gasteiger partial charge in [-0.1, -0.05) is 41.5 Å². The van der Waals surface area contributed by atoms with E-state index in [2.05, 4.69) is 14.5 Å². The van der Waals surface area contributed by atoms with Crippen molar-refractivity contribution in [3.63, 3.8) is 0 Å². The van der Waals surface area contributed by atoms with Crippen LogP contribution in [0.4, 0.5) is 0 Å². The third kappa shape index (κ3) is 14.2. The van der Waals surface area contributed by atoms with Gasteiger partial charge in [-0.25, -0.2) is 4.79 Å². The molecule has 0 atom stereocenters. The van der Waals surface area contributed by atoms with E-state index in [0.717, 1.165) is 0 Å². The average Bonchev–Trinajstić information content (AvgIpc) is 2.53. The van der Waals surface area contributed by atoms with Gasteiger partial charge in [-0.15, -0.1) is 0 Å². The maximum atomic E-state index is 11.2. The molecular formula is C15H27NO4. The quantitative estimate of drug-likeness (QED) is 0.623. The molecule has 1 heterocycles. The van der Waals surface area contributed by atoms with Crippen molar-refractivity contribution >= 4 is 11.9 Å². The van der Waals surface area contributed by atoms with Crippen molar-refractivity contribution in [2.24, 2.45) is 0 Å². The van der Waals surface area contributed by atoms with Crippen molar-refractivity contribution < 1.29 is 19.1 Å². The van der Waals surface area contributed by atoms with Gasteiger partial charge >= 0.3 is 11.9 Å². The normalized spacial score (nSPS) is 7.35. The Bertz CT molecular complexity index is 326. The number of carbonyl (C=O) groups is 2. The predicted molar refractivity (Wildman–Crippen MR) is 80.3 cm³/mol. The van der Waals surface area contributed by atoms with Crippen molar-refractivity contribution in [2.75, 3.05) is 6.79 Å². The minimum absolute atomic E-state index is 0.319. The minimum Gasteiger partial charge on any atom is -0.428 e. The number of carbonyl (C=O) groups excluding carboxylic acids is 2. The zero-order valence-corrected chi connectivity index (χ0v) is 13.6. The number of aromatic nitrogens is 1. The summed E-state index contributed by atoms with van der Waals surface area (Å²) < 4.78 is 9.05. The summed E-state index contributed by atoms with van der Waals surface area (Å²) in [5.41, 5.74) is 0.319. The molecule has 5 heteroatoms. The van der Waals surface area contributed by atoms with Gasteiger partial charge in [-0.2, -0.15) is 0 Å². The summed E-state index contributed by atoms with van der Waals surface area (Å²) in [6.07, 6.45) is 2.92. The van der Waals surface area contributed by atoms with Crippen LogP contribution in [0.2, 0.25) is 0 Å². The van der Waals surface area contributed by atoms with E-state index >= 15 is 0 Å². The molecule has 0 unspecified atom stereocenters. The number of ether oxygens (including phenoxy) is 2. The first-order chi connectivity index (χ1) is 9.70. The third-order valence-electron chi connectivity index (χ3n) is 1.35. The van der Waals surface area contributed by atoms with E-state index in [4.69, 9.17) is 0 Å². The maximum Gasteiger partial charge on any atom is 0.342 e. The fourth-order valence-electron chi connectivity index (χ4n) is 0.733. The highest BCUT2D eigenvalue weighted by Crippen LogP contribution is 1.98. The van der Waals surface area contributed by atoms with E-state index in [1.54, 1.807) is 18.3 Å². The summed E-state index contributed by atoms with van der Waals surface area (Å²) in [5.74, 6) is -1.07. The zero-order chi connectivity index (χ0) is 16.4. The highest BCUT2D eigenvalue weighted by atomic mass is 16.7. The van der Waals surface area contributed by atoms with Gasteiger partial charge in [-0.05, 0) is 12.1 Å². The molecule has 0 aliphatic heterocycles. The Morgan fingerprint density at radius 2 is 1.60 bits per heavy atom. The van der Waals surface area contributed by atoms with E-state index in [1.807, 2.05) is 41.5 Å². The lowest BCUT2D eigenvalue weighted by Crippen LogP contribution is -2.11. The molecule has 0 fully saturated rings. The van der Waals surface area contributed by atoms with Gasteiger partial charge in [0.15, 0.2) is 0 Å². The number of hydrogen-bond acceptors (Lipinski definition) is 5. The number of pyridine rings is 1. The highest BCUT2D eigenvalue weighted by Gasteiger charge is 2.06. The molecule has 0 N–H and O–H groups in total. The SMILES string of the molecule is CC.CC.CC.CC(=O)OCOC(=O)c1cccnc1. The molecule has 0 saturated heterocycles. The van der Waals surface area contributed by atoms with Gasteiger partial charge < -0.3 is 9.47 Å². The summed E-state index contributed by atoms with van der Waals surface area (Å²) in [5, 5.41) is 0. The number of nitrogens with zero attached hydrogens (tertiary/aromatic N) is 1. The number of esters is 2. The molecule has 1 aromatic heterocycles. The van der Waals surface area contributed by atoms with E-state index in [0.29, 0.717) is 5.56 Å². The Labute approximate surface area is 122 Å². The zero-order valence-electron chi connectivity index (χ0n) is 13.6. The highest BCUT2D eigenvalue weighted by molar-refractivity contribution is 5.88. The largest absolute Gasteiger partial charge is 0.428 e. The second kappa shape index (κ2) is 19.4. The summed E-state index contributed by atoms with van der Waals surface area (Å²) in [4.78, 5) is 25.2. The van der Waals surface area contributed by atoms with Crippen molar-refractivity contribution in [1.82, 2.24) is 4.98 Å². The van der Waals surface area contributed by atoms with Crippen LogP contribution in [-0.2, 0) is 14.3 Å². The lowest BCUT2D eigenvalue weighted by atomic mass is 10.3. The van der Waals surface area contributed by atoms with Gasteiger partial charge in [0.2, 0.25) is 6.79 Å². The van der Waals surface area contributed by atoms with Crippen LogP contribution in [0.15, 0.2) is 24.5 Å². The molecule has 0 amide bonds. The van der Waals surface area contributed by atoms with E-state index in [9.17, 15) is 9.59 Å². The molecule has 0 aliphatic carbocycles. The van der Waals surface area contributed by atoms with Crippen LogP contribution in [0.25, 0.3) is 0 Å². The van der Waals surface area contributed by atoms with Gasteiger partial charge in [-0.3, -0.25) is 9.78 Å². The molecule has 116 valence electrons. The maximum absolute atomic E-state index is 11.2. The smallest absolute Gasteiger partial charge is 0.342 e. The molecule has 1 aromatic rings. The van der Waals surface area contributed by atoms with Gasteiger partial charge in [0.05, 0.1) is 5.56 Å². The average molecular weight is 285 g/mol. The minimum atomic E-state index is -0.570. The van der Waals surface area contributed by atoms with E-state index in [1.165, 1.54) is 13.1 Å². The summed E-state index contributed by atoms with van der Waals surface area (Å²) in [6, 6.07) is 3.17. The second-order valence-electron chi connectivity index (χ2n) is 2.43. The van der Waals surface area contributed by atoms with Crippen molar-refractivity contribution in [3.8, 4) is 0 Å². The summed E-state index contributed by atoms with van der Waals surface area (Å²) >= 11 is 0. The molecule has 0 radical (unpaired) electrons. The van der Waals surface area contributed by atoms with E-state index in [-0.39, 0.29) is 6.79 Å². The standard InChI is InChI=1S/C9H9NO4.3C2H6/c1-7(11)13-6-14-9(12)8-3-2-4-10-5-8;3*1-2/h2-5H,6H2,1H3;3*1-2H3. The molecule has 0 spiro atoms. The van der Waals surface area contributed by atoms with Crippen LogP contribution in [0.3, 0.4) is 0 Å². The molecule has 20 heavy (non-hydrogen) atoms. The molecule has 1 rings (SSSR count). The van der Waals surface area contributed by atoms with Crippen LogP contribution >= 0.6 is 0 Å². The monoisotopic (exact) mass is 285 g/mol. The lowest BCUT2D eigenvalue weighted by Gasteiger charge is -2.03. The fourth-order valence-corrected chi connectivity index (χ4v) is 0.733. The van der Waals surface area contributed by atoms with Gasteiger partial charge in [0.1, 0.15) is 0 Å². The Hall–Kier alpha value is -1.91. The van der Waals surface area contributed by atoms with Crippen LogP contribution in [0.5, 0.6) is 0 Å². The lowest BCUT2D eigenvalue weighted by molar-refractivity contribution is -0.149. The summed E-state index contributed by atoms with van der Waals surface area (Å²) in [6.45, 7) is 12.9. The molecule has 0 saturated carbocycles. The Kier molecular flexibility index (Phi) is 22.5. The first-order valence-electron chi connectivity index (χ1n) is 6.90. The van der Waals surface area contributed by atoms with Crippen molar-refractivity contribution in [2.45, 2.75) is 48.5 Å². The topological polar surface area (TPSA) is 65.5 Å². The molecule has 0 aromatic carbocycles. The van der Waals surface area contributed by atoms with E-state index < -0.39 is 11.9 Å². The molecule has 5 nitrogen and oxygen atoms in total.